The molecule has 20 heavy (non-hydrogen) atoms. The average Bonchev–Trinajstić information content (AvgIpc) is 2.90. The van der Waals surface area contributed by atoms with Crippen LogP contribution in [0.1, 0.15) is 6.23 Å². The maximum atomic E-state index is 10.0. The first kappa shape index (κ1) is 13.6. The molecule has 1 saturated heterocycles. The largest absolute Gasteiger partial charge is 0.394 e. The van der Waals surface area contributed by atoms with Crippen molar-refractivity contribution in [1.29, 1.82) is 0 Å². The van der Waals surface area contributed by atoms with Gasteiger partial charge in [0.2, 0.25) is 0 Å². The number of anilines is 1. The highest BCUT2D eigenvalue weighted by atomic mass is 79.9. The van der Waals surface area contributed by atoms with Crippen LogP contribution >= 0.6 is 15.9 Å². The van der Waals surface area contributed by atoms with Crippen molar-refractivity contribution in [1.82, 2.24) is 19.7 Å². The highest BCUT2D eigenvalue weighted by Gasteiger charge is 2.44. The molecule has 3 heterocycles. The van der Waals surface area contributed by atoms with Crippen LogP contribution in [0.3, 0.4) is 0 Å². The number of aliphatic hydroxyl groups is 3. The Hall–Kier alpha value is -1.33. The van der Waals surface area contributed by atoms with E-state index in [0.717, 1.165) is 0 Å². The molecule has 108 valence electrons. The summed E-state index contributed by atoms with van der Waals surface area (Å²) in [6.45, 7) is -0.410. The third-order valence-electron chi connectivity index (χ3n) is 3.23. The third-order valence-corrected chi connectivity index (χ3v) is 3.79. The van der Waals surface area contributed by atoms with Crippen LogP contribution in [0, 0.1) is 0 Å². The van der Waals surface area contributed by atoms with Gasteiger partial charge in [-0.15, -0.1) is 0 Å². The number of nitrogens with zero attached hydrogens (tertiary/aromatic N) is 4. The van der Waals surface area contributed by atoms with Crippen molar-refractivity contribution >= 4 is 32.8 Å². The number of hydrogen-bond acceptors (Lipinski definition) is 8. The van der Waals surface area contributed by atoms with E-state index in [-0.39, 0.29) is 5.82 Å². The number of fused-ring (bicyclic) bond motifs is 1. The van der Waals surface area contributed by atoms with Gasteiger partial charge in [-0.1, -0.05) is 0 Å². The van der Waals surface area contributed by atoms with E-state index in [9.17, 15) is 10.2 Å². The third kappa shape index (κ3) is 1.88. The number of hydrogen-bond donors (Lipinski definition) is 4. The second kappa shape index (κ2) is 4.90. The fraction of sp³-hybridized carbons (Fsp3) is 0.500. The monoisotopic (exact) mass is 345 g/mol. The summed E-state index contributed by atoms with van der Waals surface area (Å²) in [6.07, 6.45) is -3.03. The van der Waals surface area contributed by atoms with Gasteiger partial charge in [0.15, 0.2) is 11.9 Å². The number of nitrogens with two attached hydrogens (primary N) is 1. The molecule has 5 N–H and O–H groups in total. The molecule has 1 fully saturated rings. The van der Waals surface area contributed by atoms with Crippen LogP contribution in [0.15, 0.2) is 10.9 Å². The Morgan fingerprint density at radius 2 is 2.10 bits per heavy atom. The van der Waals surface area contributed by atoms with Gasteiger partial charge in [0.1, 0.15) is 35.1 Å². The first-order valence-electron chi connectivity index (χ1n) is 5.81. The van der Waals surface area contributed by atoms with Gasteiger partial charge in [-0.05, 0) is 15.9 Å². The van der Waals surface area contributed by atoms with E-state index in [1.165, 1.54) is 11.0 Å². The van der Waals surface area contributed by atoms with Gasteiger partial charge < -0.3 is 25.8 Å². The Kier molecular flexibility index (Phi) is 3.34. The molecular weight excluding hydrogens is 334 g/mol. The molecule has 0 saturated carbocycles. The van der Waals surface area contributed by atoms with Crippen molar-refractivity contribution in [2.24, 2.45) is 0 Å². The summed E-state index contributed by atoms with van der Waals surface area (Å²) in [5.41, 5.74) is 6.12. The number of halogens is 1. The molecule has 0 radical (unpaired) electrons. The van der Waals surface area contributed by atoms with Gasteiger partial charge in [-0.3, -0.25) is 0 Å². The smallest absolute Gasteiger partial charge is 0.181 e. The zero-order valence-corrected chi connectivity index (χ0v) is 11.7. The number of aromatic nitrogens is 4. The minimum atomic E-state index is -1.24. The number of ether oxygens (including phenoxy) is 1. The lowest BCUT2D eigenvalue weighted by Crippen LogP contribution is -2.33. The normalized spacial score (nSPS) is 30.2. The van der Waals surface area contributed by atoms with Crippen molar-refractivity contribution < 1.29 is 20.1 Å². The number of nitrogen functional groups attached to an aromatic ring is 1. The van der Waals surface area contributed by atoms with E-state index in [0.29, 0.717) is 15.6 Å². The lowest BCUT2D eigenvalue weighted by molar-refractivity contribution is -0.0567. The molecule has 0 aromatic carbocycles. The summed E-state index contributed by atoms with van der Waals surface area (Å²) >= 11 is 3.24. The van der Waals surface area contributed by atoms with Crippen LogP contribution in [0.25, 0.3) is 11.0 Å². The Balaban J connectivity index is 2.10. The van der Waals surface area contributed by atoms with Crippen LogP contribution in [0.2, 0.25) is 0 Å². The quantitative estimate of drug-likeness (QED) is 0.531. The Morgan fingerprint density at radius 1 is 1.35 bits per heavy atom. The van der Waals surface area contributed by atoms with Crippen LogP contribution < -0.4 is 5.73 Å². The molecule has 0 aliphatic carbocycles. The maximum absolute atomic E-state index is 10.0. The zero-order chi connectivity index (χ0) is 14.4. The average molecular weight is 346 g/mol. The van der Waals surface area contributed by atoms with Gasteiger partial charge in [-0.25, -0.2) is 14.6 Å². The summed E-state index contributed by atoms with van der Waals surface area (Å²) in [5, 5.41) is 33.5. The van der Waals surface area contributed by atoms with E-state index >= 15 is 0 Å². The lowest BCUT2D eigenvalue weighted by atomic mass is 10.1. The topological polar surface area (TPSA) is 140 Å². The molecule has 3 rings (SSSR count). The molecule has 0 spiro atoms. The first-order valence-corrected chi connectivity index (χ1v) is 6.60. The minimum Gasteiger partial charge on any atom is -0.394 e. The Morgan fingerprint density at radius 3 is 2.75 bits per heavy atom. The van der Waals surface area contributed by atoms with E-state index in [1.54, 1.807) is 0 Å². The summed E-state index contributed by atoms with van der Waals surface area (Å²) in [6, 6.07) is 0. The van der Waals surface area contributed by atoms with Crippen LogP contribution in [-0.2, 0) is 4.74 Å². The van der Waals surface area contributed by atoms with Crippen molar-refractivity contribution in [3.8, 4) is 0 Å². The van der Waals surface area contributed by atoms with Gasteiger partial charge >= 0.3 is 0 Å². The predicted octanol–water partition coefficient (Wildman–Crippen LogP) is -1.22. The fourth-order valence-corrected chi connectivity index (χ4v) is 2.76. The van der Waals surface area contributed by atoms with Crippen molar-refractivity contribution in [3.63, 3.8) is 0 Å². The van der Waals surface area contributed by atoms with E-state index < -0.39 is 31.1 Å². The summed E-state index contributed by atoms with van der Waals surface area (Å²) in [5.74, 6) is 0.236. The SMILES string of the molecule is Nc1ncnc2c1c(Br)nn2[C@@H]1O[C@H](CO)[C@H](O)[C@@H]1O. The highest BCUT2D eigenvalue weighted by molar-refractivity contribution is 9.10. The molecule has 0 bridgehead atoms. The molecule has 1 aliphatic rings. The van der Waals surface area contributed by atoms with Crippen molar-refractivity contribution in [3.05, 3.63) is 10.9 Å². The zero-order valence-electron chi connectivity index (χ0n) is 10.1. The predicted molar refractivity (Wildman–Crippen MR) is 70.4 cm³/mol. The standard InChI is InChI=1S/C10H12BrN5O4/c11-7-4-8(12)13-2-14-9(4)16(15-7)10-6(19)5(18)3(1-17)20-10/h2-3,5-6,10,17-19H,1H2,(H2,12,13,14)/t3-,5+,6+,10-/m1/s1. The minimum absolute atomic E-state index is 0.236. The van der Waals surface area contributed by atoms with Gasteiger partial charge in [0.25, 0.3) is 0 Å². The maximum Gasteiger partial charge on any atom is 0.181 e. The Labute approximate surface area is 121 Å². The molecule has 10 heteroatoms. The number of rotatable bonds is 2. The van der Waals surface area contributed by atoms with Crippen molar-refractivity contribution in [2.45, 2.75) is 24.5 Å². The first-order chi connectivity index (χ1) is 9.54. The molecule has 9 nitrogen and oxygen atoms in total. The van der Waals surface area contributed by atoms with Crippen LogP contribution in [0.4, 0.5) is 5.82 Å². The van der Waals surface area contributed by atoms with Crippen LogP contribution in [0.5, 0.6) is 0 Å². The summed E-state index contributed by atoms with van der Waals surface area (Å²) < 4.78 is 7.12. The van der Waals surface area contributed by atoms with E-state index in [2.05, 4.69) is 31.0 Å². The molecule has 0 amide bonds. The molecule has 4 atom stereocenters. The van der Waals surface area contributed by atoms with Gasteiger partial charge in [-0.2, -0.15) is 5.10 Å². The van der Waals surface area contributed by atoms with E-state index in [4.69, 9.17) is 15.6 Å². The van der Waals surface area contributed by atoms with Gasteiger partial charge in [0, 0.05) is 0 Å². The molecular formula is C10H12BrN5O4. The fourth-order valence-electron chi connectivity index (χ4n) is 2.21. The van der Waals surface area contributed by atoms with Crippen LogP contribution in [-0.4, -0.2) is 60.0 Å². The molecule has 1 aliphatic heterocycles. The number of aliphatic hydroxyl groups excluding tert-OH is 3. The second-order valence-corrected chi connectivity index (χ2v) is 5.17. The molecule has 2 aromatic rings. The second-order valence-electron chi connectivity index (χ2n) is 4.42. The van der Waals surface area contributed by atoms with Crippen molar-refractivity contribution in [2.75, 3.05) is 12.3 Å². The lowest BCUT2D eigenvalue weighted by Gasteiger charge is -2.15. The van der Waals surface area contributed by atoms with Gasteiger partial charge in [0.05, 0.1) is 12.0 Å². The highest BCUT2D eigenvalue weighted by Crippen LogP contribution is 2.34. The van der Waals surface area contributed by atoms with E-state index in [1.807, 2.05) is 0 Å². The molecule has 2 aromatic heterocycles. The summed E-state index contributed by atoms with van der Waals surface area (Å²) in [7, 11) is 0. The Bertz CT molecular complexity index is 650. The molecule has 0 unspecified atom stereocenters. The summed E-state index contributed by atoms with van der Waals surface area (Å²) in [4.78, 5) is 7.93.